The topological polar surface area (TPSA) is 80.6 Å². The number of carbonyl (C=O) groups is 1. The van der Waals surface area contributed by atoms with Crippen LogP contribution in [-0.2, 0) is 6.42 Å². The quantitative estimate of drug-likeness (QED) is 0.462. The first-order chi connectivity index (χ1) is 16.2. The summed E-state index contributed by atoms with van der Waals surface area (Å²) in [6.07, 6.45) is 4.25. The molecule has 1 aliphatic heterocycles. The number of amides is 1. The molecule has 2 aromatic carbocycles. The summed E-state index contributed by atoms with van der Waals surface area (Å²) in [5, 5.41) is 0.908. The van der Waals surface area contributed by atoms with Gasteiger partial charge in [-0.05, 0) is 37.1 Å². The van der Waals surface area contributed by atoms with Crippen molar-refractivity contribution in [2.24, 2.45) is 0 Å². The molecule has 1 amide bonds. The summed E-state index contributed by atoms with van der Waals surface area (Å²) in [5.74, 6) is 3.13. The Labute approximate surface area is 192 Å². The van der Waals surface area contributed by atoms with Gasteiger partial charge in [0.15, 0.2) is 5.89 Å². The van der Waals surface area contributed by atoms with Gasteiger partial charge in [0.25, 0.3) is 5.91 Å². The Morgan fingerprint density at radius 2 is 1.97 bits per heavy atom. The van der Waals surface area contributed by atoms with Gasteiger partial charge in [-0.3, -0.25) is 4.79 Å². The van der Waals surface area contributed by atoms with Crippen LogP contribution >= 0.6 is 0 Å². The molecule has 1 atom stereocenters. The molecule has 7 heteroatoms. The molecule has 0 radical (unpaired) electrons. The van der Waals surface area contributed by atoms with E-state index in [1.54, 1.807) is 20.4 Å². The highest BCUT2D eigenvalue weighted by Gasteiger charge is 2.29. The zero-order chi connectivity index (χ0) is 22.8. The molecule has 7 nitrogen and oxygen atoms in total. The molecule has 1 aliphatic rings. The Kier molecular flexibility index (Phi) is 5.77. The number of oxazole rings is 1. The lowest BCUT2D eigenvalue weighted by Gasteiger charge is -2.31. The summed E-state index contributed by atoms with van der Waals surface area (Å²) in [4.78, 5) is 22.9. The molecule has 0 spiro atoms. The van der Waals surface area contributed by atoms with E-state index in [0.29, 0.717) is 24.6 Å². The lowest BCUT2D eigenvalue weighted by atomic mass is 9.97. The molecule has 0 saturated carbocycles. The number of para-hydroxylation sites is 1. The van der Waals surface area contributed by atoms with Crippen molar-refractivity contribution in [2.75, 3.05) is 27.3 Å². The second-order valence-electron chi connectivity index (χ2n) is 8.35. The molecular formula is C26H27N3O4. The number of H-pyrrole nitrogens is 1. The van der Waals surface area contributed by atoms with Crippen LogP contribution in [0.3, 0.4) is 0 Å². The van der Waals surface area contributed by atoms with Gasteiger partial charge in [0.05, 0.1) is 26.3 Å². The van der Waals surface area contributed by atoms with E-state index >= 15 is 0 Å². The van der Waals surface area contributed by atoms with Crippen LogP contribution in [0.25, 0.3) is 10.9 Å². The number of aromatic amines is 1. The third-order valence-corrected chi connectivity index (χ3v) is 6.26. The predicted molar refractivity (Wildman–Crippen MR) is 125 cm³/mol. The number of hydrogen-bond acceptors (Lipinski definition) is 5. The highest BCUT2D eigenvalue weighted by molar-refractivity contribution is 5.99. The van der Waals surface area contributed by atoms with Crippen LogP contribution in [0.1, 0.15) is 46.5 Å². The van der Waals surface area contributed by atoms with E-state index in [4.69, 9.17) is 13.9 Å². The van der Waals surface area contributed by atoms with Crippen LogP contribution in [0.4, 0.5) is 0 Å². The Balaban J connectivity index is 1.31. The number of methoxy groups -OCH3 is 2. The second-order valence-corrected chi connectivity index (χ2v) is 8.35. The van der Waals surface area contributed by atoms with Crippen molar-refractivity contribution in [3.63, 3.8) is 0 Å². The monoisotopic (exact) mass is 445 g/mol. The zero-order valence-corrected chi connectivity index (χ0v) is 18.8. The van der Waals surface area contributed by atoms with Crippen molar-refractivity contribution in [1.82, 2.24) is 14.9 Å². The number of benzene rings is 2. The summed E-state index contributed by atoms with van der Waals surface area (Å²) in [5.41, 5.74) is 2.51. The number of nitrogens with zero attached hydrogens (tertiary/aromatic N) is 2. The van der Waals surface area contributed by atoms with Crippen LogP contribution in [0, 0.1) is 0 Å². The van der Waals surface area contributed by atoms with Gasteiger partial charge in [-0.25, -0.2) is 4.98 Å². The number of hydrogen-bond donors (Lipinski definition) is 1. The molecule has 0 aliphatic carbocycles. The van der Waals surface area contributed by atoms with Crippen molar-refractivity contribution >= 4 is 16.8 Å². The Morgan fingerprint density at radius 3 is 2.82 bits per heavy atom. The van der Waals surface area contributed by atoms with Crippen LogP contribution in [0.5, 0.6) is 11.5 Å². The first-order valence-electron chi connectivity index (χ1n) is 11.2. The summed E-state index contributed by atoms with van der Waals surface area (Å²) in [7, 11) is 3.30. The van der Waals surface area contributed by atoms with E-state index in [1.165, 1.54) is 0 Å². The van der Waals surface area contributed by atoms with Crippen LogP contribution in [0.15, 0.2) is 59.1 Å². The van der Waals surface area contributed by atoms with Gasteiger partial charge in [-0.2, -0.15) is 0 Å². The third kappa shape index (κ3) is 4.18. The molecular weight excluding hydrogens is 418 g/mol. The fourth-order valence-electron chi connectivity index (χ4n) is 4.58. The van der Waals surface area contributed by atoms with Crippen LogP contribution in [-0.4, -0.2) is 48.1 Å². The fourth-order valence-corrected chi connectivity index (χ4v) is 4.58. The first-order valence-corrected chi connectivity index (χ1v) is 11.2. The van der Waals surface area contributed by atoms with Crippen molar-refractivity contribution in [2.45, 2.75) is 25.2 Å². The second kappa shape index (κ2) is 9.02. The average Bonchev–Trinajstić information content (AvgIpc) is 3.51. The van der Waals surface area contributed by atoms with Gasteiger partial charge < -0.3 is 23.8 Å². The number of nitrogens with one attached hydrogen (secondary N) is 1. The first kappa shape index (κ1) is 21.1. The molecule has 2 aromatic heterocycles. The number of piperidine rings is 1. The number of aromatic nitrogens is 2. The number of carbonyl (C=O) groups excluding carboxylic acids is 1. The molecule has 1 unspecified atom stereocenters. The molecule has 3 heterocycles. The smallest absolute Gasteiger partial charge is 0.270 e. The van der Waals surface area contributed by atoms with E-state index in [2.05, 4.69) is 9.97 Å². The van der Waals surface area contributed by atoms with E-state index in [0.717, 1.165) is 53.1 Å². The highest BCUT2D eigenvalue weighted by atomic mass is 16.5. The van der Waals surface area contributed by atoms with Gasteiger partial charge >= 0.3 is 0 Å². The number of ether oxygens (including phenoxy) is 2. The van der Waals surface area contributed by atoms with Gasteiger partial charge in [0, 0.05) is 36.0 Å². The van der Waals surface area contributed by atoms with Gasteiger partial charge in [0.1, 0.15) is 23.0 Å². The number of likely N-dealkylation sites (tertiary alicyclic amines) is 1. The van der Waals surface area contributed by atoms with Crippen molar-refractivity contribution in [1.29, 1.82) is 0 Å². The summed E-state index contributed by atoms with van der Waals surface area (Å²) < 4.78 is 17.0. The molecule has 0 bridgehead atoms. The minimum Gasteiger partial charge on any atom is -0.496 e. The molecule has 170 valence electrons. The Morgan fingerprint density at radius 1 is 1.15 bits per heavy atom. The van der Waals surface area contributed by atoms with Gasteiger partial charge in [0.2, 0.25) is 0 Å². The molecule has 1 N–H and O–H groups in total. The molecule has 33 heavy (non-hydrogen) atoms. The predicted octanol–water partition coefficient (Wildman–Crippen LogP) is 4.78. The zero-order valence-electron chi connectivity index (χ0n) is 18.8. The van der Waals surface area contributed by atoms with Crippen LogP contribution in [0.2, 0.25) is 0 Å². The third-order valence-electron chi connectivity index (χ3n) is 6.26. The summed E-state index contributed by atoms with van der Waals surface area (Å²) >= 11 is 0. The SMILES string of the molecule is COc1ccccc1Cc1cnc(C2CCCN(C(=O)c3cc4c(OC)cccc4[nH]3)C2)o1. The van der Waals surface area contributed by atoms with Gasteiger partial charge in [-0.15, -0.1) is 0 Å². The van der Waals surface area contributed by atoms with Crippen LogP contribution < -0.4 is 9.47 Å². The number of fused-ring (bicyclic) bond motifs is 1. The lowest BCUT2D eigenvalue weighted by Crippen LogP contribution is -2.39. The van der Waals surface area contributed by atoms with Crippen molar-refractivity contribution in [3.05, 3.63) is 77.6 Å². The largest absolute Gasteiger partial charge is 0.496 e. The Bertz CT molecular complexity index is 1280. The lowest BCUT2D eigenvalue weighted by molar-refractivity contribution is 0.0693. The normalized spacial score (nSPS) is 16.2. The van der Waals surface area contributed by atoms with Crippen molar-refractivity contribution < 1.29 is 18.7 Å². The average molecular weight is 446 g/mol. The highest BCUT2D eigenvalue weighted by Crippen LogP contribution is 2.31. The molecule has 1 fully saturated rings. The van der Waals surface area contributed by atoms with Gasteiger partial charge in [-0.1, -0.05) is 24.3 Å². The minimum absolute atomic E-state index is 0.0150. The molecule has 4 aromatic rings. The van der Waals surface area contributed by atoms with E-state index in [-0.39, 0.29) is 11.8 Å². The Hall–Kier alpha value is -3.74. The maximum absolute atomic E-state index is 13.3. The van der Waals surface area contributed by atoms with E-state index < -0.39 is 0 Å². The fraction of sp³-hybridized carbons (Fsp3) is 0.308. The maximum atomic E-state index is 13.3. The minimum atomic E-state index is -0.0150. The maximum Gasteiger partial charge on any atom is 0.270 e. The summed E-state index contributed by atoms with van der Waals surface area (Å²) in [6, 6.07) is 15.5. The van der Waals surface area contributed by atoms with E-state index in [9.17, 15) is 4.79 Å². The summed E-state index contributed by atoms with van der Waals surface area (Å²) in [6.45, 7) is 1.30. The standard InChI is InChI=1S/C26H27N3O4/c1-31-23-10-4-3-7-17(23)13-19-15-27-25(33-19)18-8-6-12-29(16-18)26(30)22-14-20-21(28-22)9-5-11-24(20)32-2/h3-5,7,9-11,14-15,18,28H,6,8,12-13,16H2,1-2H3. The molecule has 1 saturated heterocycles. The molecule has 5 rings (SSSR count). The van der Waals surface area contributed by atoms with Crippen molar-refractivity contribution in [3.8, 4) is 11.5 Å². The number of rotatable bonds is 6. The van der Waals surface area contributed by atoms with E-state index in [1.807, 2.05) is 53.4 Å².